The molecule has 0 aromatic rings. The predicted molar refractivity (Wildman–Crippen MR) is 65.1 cm³/mol. The molecule has 0 aromatic carbocycles. The fraction of sp³-hybridized carbons (Fsp3) is 0.923. The van der Waals surface area contributed by atoms with Gasteiger partial charge in [0.15, 0.2) is 0 Å². The molecule has 2 aliphatic rings. The number of aliphatic carboxylic acids is 1. The maximum atomic E-state index is 11.2. The molecule has 0 radical (unpaired) electrons. The van der Waals surface area contributed by atoms with Crippen LogP contribution < -0.4 is 0 Å². The zero-order valence-corrected chi connectivity index (χ0v) is 10.7. The molecule has 0 aliphatic carbocycles. The third kappa shape index (κ3) is 2.80. The lowest BCUT2D eigenvalue weighted by Gasteiger charge is -2.46. The van der Waals surface area contributed by atoms with Gasteiger partial charge >= 0.3 is 5.97 Å². The average Bonchev–Trinajstić information content (AvgIpc) is 2.30. The first-order valence-corrected chi connectivity index (χ1v) is 6.78. The van der Waals surface area contributed by atoms with Gasteiger partial charge in [0.05, 0.1) is 5.60 Å². The maximum absolute atomic E-state index is 11.2. The van der Waals surface area contributed by atoms with Crippen molar-refractivity contribution in [2.75, 3.05) is 19.7 Å². The molecule has 2 rings (SSSR count). The number of carbonyl (C=O) groups is 1. The standard InChI is InChI=1S/C13H23NO3/c1-2-11(12(15)16)14-8-5-7-13(10-14)6-3-4-9-17-13/h11H,2-10H2,1H3,(H,15,16). The Morgan fingerprint density at radius 2 is 2.18 bits per heavy atom. The molecule has 98 valence electrons. The zero-order valence-electron chi connectivity index (χ0n) is 10.7. The lowest BCUT2D eigenvalue weighted by Crippen LogP contribution is -2.55. The van der Waals surface area contributed by atoms with Crippen LogP contribution in [0.2, 0.25) is 0 Å². The van der Waals surface area contributed by atoms with E-state index in [1.165, 1.54) is 6.42 Å². The molecule has 4 nitrogen and oxygen atoms in total. The summed E-state index contributed by atoms with van der Waals surface area (Å²) in [6.07, 6.45) is 6.30. The highest BCUT2D eigenvalue weighted by Crippen LogP contribution is 2.34. The number of likely N-dealkylation sites (tertiary alicyclic amines) is 1. The third-order valence-corrected chi connectivity index (χ3v) is 4.12. The molecule has 17 heavy (non-hydrogen) atoms. The molecule has 2 heterocycles. The highest BCUT2D eigenvalue weighted by Gasteiger charge is 2.40. The second kappa shape index (κ2) is 5.36. The lowest BCUT2D eigenvalue weighted by molar-refractivity contribution is -0.152. The summed E-state index contributed by atoms with van der Waals surface area (Å²) in [5.74, 6) is -0.694. The quantitative estimate of drug-likeness (QED) is 0.819. The Bertz CT molecular complexity index is 268. The van der Waals surface area contributed by atoms with Gasteiger partial charge in [-0.1, -0.05) is 6.92 Å². The number of rotatable bonds is 3. The summed E-state index contributed by atoms with van der Waals surface area (Å²) >= 11 is 0. The Balaban J connectivity index is 2.02. The summed E-state index contributed by atoms with van der Waals surface area (Å²) < 4.78 is 5.98. The van der Waals surface area contributed by atoms with Crippen LogP contribution in [0.3, 0.4) is 0 Å². The van der Waals surface area contributed by atoms with Crippen LogP contribution in [-0.2, 0) is 9.53 Å². The molecule has 4 heteroatoms. The van der Waals surface area contributed by atoms with Crippen molar-refractivity contribution >= 4 is 5.97 Å². The van der Waals surface area contributed by atoms with Gasteiger partial charge in [0.2, 0.25) is 0 Å². The van der Waals surface area contributed by atoms with E-state index < -0.39 is 5.97 Å². The van der Waals surface area contributed by atoms with Crippen LogP contribution in [0.5, 0.6) is 0 Å². The molecule has 2 atom stereocenters. The van der Waals surface area contributed by atoms with Crippen LogP contribution in [0.1, 0.15) is 45.4 Å². The number of piperidine rings is 1. The summed E-state index contributed by atoms with van der Waals surface area (Å²) in [4.78, 5) is 13.3. The Morgan fingerprint density at radius 1 is 1.41 bits per heavy atom. The fourth-order valence-corrected chi connectivity index (χ4v) is 3.22. The van der Waals surface area contributed by atoms with E-state index in [4.69, 9.17) is 4.74 Å². The van der Waals surface area contributed by atoms with Crippen LogP contribution in [0, 0.1) is 0 Å². The largest absolute Gasteiger partial charge is 0.480 e. The Hall–Kier alpha value is -0.610. The molecule has 2 aliphatic heterocycles. The topological polar surface area (TPSA) is 49.8 Å². The van der Waals surface area contributed by atoms with Crippen molar-refractivity contribution in [3.05, 3.63) is 0 Å². The minimum absolute atomic E-state index is 0.0423. The van der Waals surface area contributed by atoms with Crippen molar-refractivity contribution in [3.63, 3.8) is 0 Å². The summed E-state index contributed by atoms with van der Waals surface area (Å²) in [5.41, 5.74) is -0.0423. The minimum atomic E-state index is -0.694. The van der Waals surface area contributed by atoms with Crippen molar-refractivity contribution in [2.45, 2.75) is 57.1 Å². The normalized spacial score (nSPS) is 32.5. The maximum Gasteiger partial charge on any atom is 0.320 e. The molecule has 1 spiro atoms. The Labute approximate surface area is 103 Å². The van der Waals surface area contributed by atoms with Crippen molar-refractivity contribution in [1.82, 2.24) is 4.90 Å². The van der Waals surface area contributed by atoms with Crippen LogP contribution >= 0.6 is 0 Å². The highest BCUT2D eigenvalue weighted by atomic mass is 16.5. The van der Waals surface area contributed by atoms with E-state index in [0.717, 1.165) is 45.4 Å². The van der Waals surface area contributed by atoms with Gasteiger partial charge in [-0.3, -0.25) is 9.69 Å². The van der Waals surface area contributed by atoms with Crippen molar-refractivity contribution in [3.8, 4) is 0 Å². The molecule has 0 amide bonds. The van der Waals surface area contributed by atoms with Gasteiger partial charge in [-0.05, 0) is 45.1 Å². The van der Waals surface area contributed by atoms with E-state index in [1.807, 2.05) is 6.92 Å². The summed E-state index contributed by atoms with van der Waals surface area (Å²) in [7, 11) is 0. The molecular formula is C13H23NO3. The zero-order chi connectivity index (χ0) is 12.3. The van der Waals surface area contributed by atoms with Gasteiger partial charge < -0.3 is 9.84 Å². The summed E-state index contributed by atoms with van der Waals surface area (Å²) in [5, 5.41) is 9.23. The first-order valence-electron chi connectivity index (χ1n) is 6.78. The number of hydrogen-bond donors (Lipinski definition) is 1. The van der Waals surface area contributed by atoms with E-state index in [1.54, 1.807) is 0 Å². The molecular weight excluding hydrogens is 218 g/mol. The van der Waals surface area contributed by atoms with Gasteiger partial charge in [0.25, 0.3) is 0 Å². The third-order valence-electron chi connectivity index (χ3n) is 4.12. The molecule has 0 saturated carbocycles. The van der Waals surface area contributed by atoms with Crippen LogP contribution in [0.15, 0.2) is 0 Å². The smallest absolute Gasteiger partial charge is 0.320 e. The first kappa shape index (κ1) is 12.8. The van der Waals surface area contributed by atoms with Gasteiger partial charge in [0.1, 0.15) is 6.04 Å². The van der Waals surface area contributed by atoms with Crippen molar-refractivity contribution in [2.24, 2.45) is 0 Å². The number of hydrogen-bond acceptors (Lipinski definition) is 3. The molecule has 0 aromatic heterocycles. The molecule has 0 bridgehead atoms. The van der Waals surface area contributed by atoms with Crippen molar-refractivity contribution in [1.29, 1.82) is 0 Å². The number of nitrogens with zero attached hydrogens (tertiary/aromatic N) is 1. The number of ether oxygens (including phenoxy) is 1. The van der Waals surface area contributed by atoms with Crippen molar-refractivity contribution < 1.29 is 14.6 Å². The SMILES string of the molecule is CCC(C(=O)O)N1CCCC2(CCCCO2)C1. The van der Waals surface area contributed by atoms with Crippen LogP contribution in [-0.4, -0.2) is 47.3 Å². The van der Waals surface area contributed by atoms with E-state index in [9.17, 15) is 9.90 Å². The van der Waals surface area contributed by atoms with E-state index in [-0.39, 0.29) is 11.6 Å². The molecule has 2 fully saturated rings. The molecule has 2 unspecified atom stereocenters. The van der Waals surface area contributed by atoms with Gasteiger partial charge in [-0.2, -0.15) is 0 Å². The highest BCUT2D eigenvalue weighted by molar-refractivity contribution is 5.73. The average molecular weight is 241 g/mol. The van der Waals surface area contributed by atoms with E-state index in [2.05, 4.69) is 4.90 Å². The summed E-state index contributed by atoms with van der Waals surface area (Å²) in [6.45, 7) is 4.49. The Kier molecular flexibility index (Phi) is 4.05. The number of carboxylic acids is 1. The van der Waals surface area contributed by atoms with Gasteiger partial charge in [0, 0.05) is 13.2 Å². The molecule has 1 N–H and O–H groups in total. The second-order valence-electron chi connectivity index (χ2n) is 5.32. The molecule has 2 saturated heterocycles. The van der Waals surface area contributed by atoms with E-state index in [0.29, 0.717) is 6.42 Å². The Morgan fingerprint density at radius 3 is 2.76 bits per heavy atom. The monoisotopic (exact) mass is 241 g/mol. The van der Waals surface area contributed by atoms with Crippen LogP contribution in [0.4, 0.5) is 0 Å². The lowest BCUT2D eigenvalue weighted by atomic mass is 9.85. The predicted octanol–water partition coefficient (Wildman–Crippen LogP) is 1.88. The van der Waals surface area contributed by atoms with Gasteiger partial charge in [-0.15, -0.1) is 0 Å². The van der Waals surface area contributed by atoms with E-state index >= 15 is 0 Å². The summed E-state index contributed by atoms with van der Waals surface area (Å²) in [6, 6.07) is -0.335. The fourth-order valence-electron chi connectivity index (χ4n) is 3.22. The number of carboxylic acid groups (broad SMARTS) is 1. The minimum Gasteiger partial charge on any atom is -0.480 e. The second-order valence-corrected chi connectivity index (χ2v) is 5.32. The van der Waals surface area contributed by atoms with Gasteiger partial charge in [-0.25, -0.2) is 0 Å². The first-order chi connectivity index (χ1) is 8.17. The van der Waals surface area contributed by atoms with Crippen LogP contribution in [0.25, 0.3) is 0 Å².